The number of benzene rings is 1. The van der Waals surface area contributed by atoms with E-state index in [0.717, 1.165) is 28.8 Å². The van der Waals surface area contributed by atoms with Crippen molar-refractivity contribution >= 4 is 46.0 Å². The summed E-state index contributed by atoms with van der Waals surface area (Å²) in [4.78, 5) is 23.9. The van der Waals surface area contributed by atoms with Gasteiger partial charge >= 0.3 is 0 Å². The Kier molecular flexibility index (Phi) is 4.94. The van der Waals surface area contributed by atoms with Gasteiger partial charge < -0.3 is 21.8 Å². The number of aromatic amines is 1. The van der Waals surface area contributed by atoms with E-state index in [1.54, 1.807) is 0 Å². The number of H-pyrrole nitrogens is 1. The first kappa shape index (κ1) is 18.1. The fourth-order valence-electron chi connectivity index (χ4n) is 3.18. The van der Waals surface area contributed by atoms with Gasteiger partial charge in [0.1, 0.15) is 11.5 Å². The lowest BCUT2D eigenvalue weighted by atomic mass is 10.1. The van der Waals surface area contributed by atoms with E-state index in [0.29, 0.717) is 22.2 Å². The Balaban J connectivity index is 1.77. The maximum atomic E-state index is 11.9. The number of thioether (sulfide) groups is 1. The summed E-state index contributed by atoms with van der Waals surface area (Å²) < 4.78 is 0. The van der Waals surface area contributed by atoms with E-state index >= 15 is 0 Å². The van der Waals surface area contributed by atoms with Crippen LogP contribution in [0.3, 0.4) is 0 Å². The molecule has 27 heavy (non-hydrogen) atoms. The molecule has 1 aromatic carbocycles. The summed E-state index contributed by atoms with van der Waals surface area (Å²) in [5, 5.41) is 4.65. The van der Waals surface area contributed by atoms with Crippen LogP contribution in [0.4, 0.5) is 5.82 Å². The van der Waals surface area contributed by atoms with Gasteiger partial charge in [0.2, 0.25) is 0 Å². The number of halogens is 1. The largest absolute Gasteiger partial charge is 0.364 e. The summed E-state index contributed by atoms with van der Waals surface area (Å²) in [5.74, 6) is 1.82. The molecule has 9 heteroatoms. The van der Waals surface area contributed by atoms with Gasteiger partial charge in [-0.1, -0.05) is 29.8 Å². The predicted octanol–water partition coefficient (Wildman–Crippen LogP) is 2.62. The van der Waals surface area contributed by atoms with Gasteiger partial charge in [0.05, 0.1) is 23.0 Å². The summed E-state index contributed by atoms with van der Waals surface area (Å²) in [6, 6.07) is 7.73. The molecule has 3 aromatic rings. The zero-order chi connectivity index (χ0) is 19.0. The van der Waals surface area contributed by atoms with E-state index in [9.17, 15) is 4.79 Å². The van der Waals surface area contributed by atoms with E-state index in [-0.39, 0.29) is 17.8 Å². The first-order valence-electron chi connectivity index (χ1n) is 8.58. The second-order valence-corrected chi connectivity index (χ2v) is 7.98. The van der Waals surface area contributed by atoms with Crippen LogP contribution in [0, 0.1) is 0 Å². The van der Waals surface area contributed by atoms with Crippen molar-refractivity contribution in [3.63, 3.8) is 0 Å². The number of amides is 1. The zero-order valence-corrected chi connectivity index (χ0v) is 16.0. The zero-order valence-electron chi connectivity index (χ0n) is 14.4. The normalized spacial score (nSPS) is 19.9. The lowest BCUT2D eigenvalue weighted by Crippen LogP contribution is -2.45. The molecule has 3 heterocycles. The molecule has 1 saturated heterocycles. The maximum Gasteiger partial charge on any atom is 0.269 e. The third-order valence-corrected chi connectivity index (χ3v) is 6.14. The minimum absolute atomic E-state index is 0.0454. The van der Waals surface area contributed by atoms with Crippen LogP contribution in [0.1, 0.15) is 16.9 Å². The summed E-state index contributed by atoms with van der Waals surface area (Å²) in [6.07, 6.45) is 2.45. The van der Waals surface area contributed by atoms with Crippen LogP contribution in [0.5, 0.6) is 0 Å². The Morgan fingerprint density at radius 3 is 2.93 bits per heavy atom. The lowest BCUT2D eigenvalue weighted by Gasteiger charge is -2.29. The number of nitrogens with two attached hydrogens (primary N) is 2. The molecular formula is C18H19ClN6OS. The second-order valence-electron chi connectivity index (χ2n) is 6.45. The van der Waals surface area contributed by atoms with Gasteiger partial charge in [0.15, 0.2) is 5.69 Å². The SMILES string of the molecule is NC(=O)c1ncc(NC2CSCCC2N)nc1-c1[nH]c2ccccc2c1Cl. The molecule has 0 saturated carbocycles. The Bertz CT molecular complexity index is 1010. The Hall–Kier alpha value is -2.29. The van der Waals surface area contributed by atoms with Crippen molar-refractivity contribution in [2.24, 2.45) is 11.5 Å². The summed E-state index contributed by atoms with van der Waals surface area (Å²) in [7, 11) is 0. The average Bonchev–Trinajstić information content (AvgIpc) is 3.00. The number of aromatic nitrogens is 3. The van der Waals surface area contributed by atoms with Crippen molar-refractivity contribution in [2.45, 2.75) is 18.5 Å². The molecule has 0 spiro atoms. The van der Waals surface area contributed by atoms with Gasteiger partial charge in [-0.2, -0.15) is 11.8 Å². The molecule has 2 unspecified atom stereocenters. The Morgan fingerprint density at radius 1 is 1.37 bits per heavy atom. The number of fused-ring (bicyclic) bond motifs is 1. The number of carbonyl (C=O) groups excluding carboxylic acids is 1. The number of hydrogen-bond donors (Lipinski definition) is 4. The molecule has 2 aromatic heterocycles. The van der Waals surface area contributed by atoms with Crippen molar-refractivity contribution < 1.29 is 4.79 Å². The summed E-state index contributed by atoms with van der Waals surface area (Å²) in [6.45, 7) is 0. The van der Waals surface area contributed by atoms with Crippen molar-refractivity contribution in [1.82, 2.24) is 15.0 Å². The quantitative estimate of drug-likeness (QED) is 0.532. The van der Waals surface area contributed by atoms with Crippen LogP contribution in [-0.4, -0.2) is 44.4 Å². The molecular weight excluding hydrogens is 384 g/mol. The number of primary amides is 1. The maximum absolute atomic E-state index is 11.9. The number of hydrogen-bond acceptors (Lipinski definition) is 6. The topological polar surface area (TPSA) is 123 Å². The van der Waals surface area contributed by atoms with Gasteiger partial charge in [-0.3, -0.25) is 4.79 Å². The van der Waals surface area contributed by atoms with E-state index in [1.165, 1.54) is 6.20 Å². The highest BCUT2D eigenvalue weighted by molar-refractivity contribution is 7.99. The molecule has 0 radical (unpaired) electrons. The fourth-order valence-corrected chi connectivity index (χ4v) is 4.67. The number of para-hydroxylation sites is 1. The highest BCUT2D eigenvalue weighted by Crippen LogP contribution is 2.35. The molecule has 0 aliphatic carbocycles. The van der Waals surface area contributed by atoms with Crippen molar-refractivity contribution in [1.29, 1.82) is 0 Å². The first-order chi connectivity index (χ1) is 13.0. The molecule has 140 valence electrons. The Labute approximate surface area is 165 Å². The standard InChI is InChI=1S/C18H19ClN6OS/c19-14-9-3-1-2-4-11(9)24-15(14)16-17(18(21)26)22-7-13(25-16)23-12-8-27-6-5-10(12)20/h1-4,7,10,12,24H,5-6,8,20H2,(H2,21,26)(H,23,25). The van der Waals surface area contributed by atoms with E-state index in [1.807, 2.05) is 36.0 Å². The fraction of sp³-hybridized carbons (Fsp3) is 0.278. The number of carbonyl (C=O) groups is 1. The molecule has 1 aliphatic heterocycles. The average molecular weight is 403 g/mol. The van der Waals surface area contributed by atoms with Gasteiger partial charge in [-0.25, -0.2) is 9.97 Å². The van der Waals surface area contributed by atoms with Crippen LogP contribution in [0.15, 0.2) is 30.5 Å². The summed E-state index contributed by atoms with van der Waals surface area (Å²) in [5.41, 5.74) is 13.5. The van der Waals surface area contributed by atoms with Crippen LogP contribution in [0.2, 0.25) is 5.02 Å². The lowest BCUT2D eigenvalue weighted by molar-refractivity contribution is 0.0996. The first-order valence-corrected chi connectivity index (χ1v) is 10.1. The van der Waals surface area contributed by atoms with Crippen molar-refractivity contribution in [3.8, 4) is 11.4 Å². The Morgan fingerprint density at radius 2 is 2.19 bits per heavy atom. The smallest absolute Gasteiger partial charge is 0.269 e. The second kappa shape index (κ2) is 7.38. The van der Waals surface area contributed by atoms with Crippen molar-refractivity contribution in [3.05, 3.63) is 41.2 Å². The number of nitrogens with zero attached hydrogens (tertiary/aromatic N) is 2. The third-order valence-electron chi connectivity index (χ3n) is 4.63. The number of nitrogens with one attached hydrogen (secondary N) is 2. The molecule has 2 atom stereocenters. The molecule has 7 nitrogen and oxygen atoms in total. The van der Waals surface area contributed by atoms with Gasteiger partial charge in [-0.15, -0.1) is 0 Å². The highest BCUT2D eigenvalue weighted by Gasteiger charge is 2.24. The minimum Gasteiger partial charge on any atom is -0.364 e. The minimum atomic E-state index is -0.663. The molecule has 1 amide bonds. The van der Waals surface area contributed by atoms with Crippen LogP contribution in [0.25, 0.3) is 22.3 Å². The van der Waals surface area contributed by atoms with Crippen LogP contribution >= 0.6 is 23.4 Å². The molecule has 0 bridgehead atoms. The van der Waals surface area contributed by atoms with E-state index in [4.69, 9.17) is 23.1 Å². The van der Waals surface area contributed by atoms with Gasteiger partial charge in [0.25, 0.3) is 5.91 Å². The van der Waals surface area contributed by atoms with Gasteiger partial charge in [-0.05, 0) is 18.2 Å². The van der Waals surface area contributed by atoms with Crippen molar-refractivity contribution in [2.75, 3.05) is 16.8 Å². The van der Waals surface area contributed by atoms with Gasteiger partial charge in [0, 0.05) is 22.7 Å². The molecule has 6 N–H and O–H groups in total. The molecule has 1 fully saturated rings. The molecule has 4 rings (SSSR count). The highest BCUT2D eigenvalue weighted by atomic mass is 35.5. The van der Waals surface area contributed by atoms with E-state index in [2.05, 4.69) is 20.3 Å². The number of rotatable bonds is 4. The molecule has 1 aliphatic rings. The van der Waals surface area contributed by atoms with Crippen LogP contribution in [-0.2, 0) is 0 Å². The third kappa shape index (κ3) is 3.47. The monoisotopic (exact) mass is 402 g/mol. The predicted molar refractivity (Wildman–Crippen MR) is 110 cm³/mol. The van der Waals surface area contributed by atoms with Crippen LogP contribution < -0.4 is 16.8 Å². The number of anilines is 1. The summed E-state index contributed by atoms with van der Waals surface area (Å²) >= 11 is 8.39. The van der Waals surface area contributed by atoms with E-state index < -0.39 is 5.91 Å².